The predicted octanol–water partition coefficient (Wildman–Crippen LogP) is 6.83. The minimum absolute atomic E-state index is 0.209. The Morgan fingerprint density at radius 3 is 2.14 bits per heavy atom. The van der Waals surface area contributed by atoms with Crippen LogP contribution in [0.2, 0.25) is 5.02 Å². The zero-order valence-corrected chi connectivity index (χ0v) is 42.0. The van der Waals surface area contributed by atoms with E-state index in [9.17, 15) is 61.5 Å². The first-order chi connectivity index (χ1) is 34.1. The van der Waals surface area contributed by atoms with Crippen molar-refractivity contribution in [1.82, 2.24) is 39.7 Å². The SMILES string of the molecule is CN1CCN(CC(=O)N(c2nn(CC(F)(F)F)c3c(-c4ccc(C#CC(C)(C)S(C)(=O)=O)nc4C(Cc4cc(F)cc(F)c4)NC(=O)Cn4nc(C(F)(F)F)c5c4C(F)(F)[C@@H]4C[C@H]54)ccc(Cl)c23)S(C)(=O)=O)CC1. The number of anilines is 1. The second-order valence-corrected chi connectivity index (χ2v) is 23.8. The summed E-state index contributed by atoms with van der Waals surface area (Å²) in [6.45, 7) is 0.410. The van der Waals surface area contributed by atoms with E-state index in [4.69, 9.17) is 11.6 Å². The summed E-state index contributed by atoms with van der Waals surface area (Å²) >= 11 is 6.72. The molecule has 0 bridgehead atoms. The molecule has 1 saturated heterocycles. The van der Waals surface area contributed by atoms with Crippen LogP contribution >= 0.6 is 11.6 Å². The van der Waals surface area contributed by atoms with Gasteiger partial charge in [-0.2, -0.15) is 49.6 Å². The number of nitrogens with zero attached hydrogens (tertiary/aromatic N) is 8. The number of pyridine rings is 1. The monoisotopic (exact) mass is 1110 g/mol. The van der Waals surface area contributed by atoms with Gasteiger partial charge >= 0.3 is 12.4 Å². The molecule has 398 valence electrons. The van der Waals surface area contributed by atoms with E-state index >= 15 is 8.78 Å². The third kappa shape index (κ3) is 11.0. The maximum atomic E-state index is 15.6. The van der Waals surface area contributed by atoms with Gasteiger partial charge in [-0.05, 0) is 81.5 Å². The van der Waals surface area contributed by atoms with Gasteiger partial charge < -0.3 is 10.2 Å². The number of carbonyl (C=O) groups excluding carboxylic acids is 2. The Kier molecular flexibility index (Phi) is 14.0. The van der Waals surface area contributed by atoms with E-state index in [1.807, 2.05) is 11.9 Å². The summed E-state index contributed by atoms with van der Waals surface area (Å²) in [6, 6.07) is 5.02. The smallest absolute Gasteiger partial charge is 0.346 e. The molecule has 15 nitrogen and oxygen atoms in total. The second kappa shape index (κ2) is 19.1. The third-order valence-electron chi connectivity index (χ3n) is 13.0. The fraction of sp³-hybridized carbons (Fsp3) is 0.457. The van der Waals surface area contributed by atoms with Crippen molar-refractivity contribution in [3.05, 3.63) is 93.0 Å². The van der Waals surface area contributed by atoms with Crippen molar-refractivity contribution in [2.45, 2.75) is 74.8 Å². The van der Waals surface area contributed by atoms with Gasteiger partial charge in [-0.3, -0.25) is 23.9 Å². The highest BCUT2D eigenvalue weighted by Gasteiger charge is 2.68. The summed E-state index contributed by atoms with van der Waals surface area (Å²) < 4.78 is 199. The molecule has 1 N–H and O–H groups in total. The van der Waals surface area contributed by atoms with Crippen LogP contribution in [0.3, 0.4) is 0 Å². The number of hydrogen-bond acceptors (Lipinski definition) is 11. The first-order valence-corrected chi connectivity index (χ1v) is 26.5. The van der Waals surface area contributed by atoms with Gasteiger partial charge in [-0.15, -0.1) is 0 Å². The van der Waals surface area contributed by atoms with Crippen molar-refractivity contribution in [1.29, 1.82) is 0 Å². The first kappa shape index (κ1) is 54.4. The van der Waals surface area contributed by atoms with Crippen LogP contribution < -0.4 is 9.62 Å². The Morgan fingerprint density at radius 2 is 1.54 bits per heavy atom. The van der Waals surface area contributed by atoms with Crippen molar-refractivity contribution in [2.24, 2.45) is 5.92 Å². The molecule has 1 aliphatic heterocycles. The minimum atomic E-state index is -5.21. The number of alkyl halides is 8. The Bertz CT molecular complexity index is 3380. The molecular weight excluding hydrogens is 1060 g/mol. The van der Waals surface area contributed by atoms with Gasteiger partial charge in [0, 0.05) is 61.1 Å². The summed E-state index contributed by atoms with van der Waals surface area (Å²) in [5.74, 6) is -6.88. The van der Waals surface area contributed by atoms with Gasteiger partial charge in [0.25, 0.3) is 11.8 Å². The number of carbonyl (C=O) groups is 2. The van der Waals surface area contributed by atoms with Crippen molar-refractivity contribution < 1.29 is 70.3 Å². The summed E-state index contributed by atoms with van der Waals surface area (Å²) in [5.41, 5.74) is -5.62. The molecule has 2 aromatic carbocycles. The van der Waals surface area contributed by atoms with E-state index in [2.05, 4.69) is 32.3 Å². The van der Waals surface area contributed by atoms with Crippen LogP contribution in [0.15, 0.2) is 42.5 Å². The lowest BCUT2D eigenvalue weighted by Gasteiger charge is -2.32. The number of sulfone groups is 1. The van der Waals surface area contributed by atoms with E-state index in [1.54, 1.807) is 4.90 Å². The highest BCUT2D eigenvalue weighted by atomic mass is 35.5. The number of benzene rings is 2. The van der Waals surface area contributed by atoms with Crippen molar-refractivity contribution in [3.8, 4) is 23.0 Å². The minimum Gasteiger partial charge on any atom is -0.346 e. The average Bonchev–Trinajstić information content (AvgIpc) is 3.78. The van der Waals surface area contributed by atoms with E-state index in [1.165, 1.54) is 26.0 Å². The molecule has 0 spiro atoms. The number of nitrogens with one attached hydrogen (secondary N) is 1. The number of rotatable bonds is 13. The van der Waals surface area contributed by atoms with Gasteiger partial charge in [0.1, 0.15) is 40.9 Å². The summed E-state index contributed by atoms with van der Waals surface area (Å²) in [5, 5.41) is 8.98. The van der Waals surface area contributed by atoms with Crippen molar-refractivity contribution in [3.63, 3.8) is 0 Å². The predicted molar refractivity (Wildman–Crippen MR) is 249 cm³/mol. The molecule has 3 atom stereocenters. The number of likely N-dealkylation sites (N-methyl/N-ethyl adjacent to an activating group) is 1. The van der Waals surface area contributed by atoms with Gasteiger partial charge in [-0.25, -0.2) is 30.6 Å². The number of hydrogen-bond donors (Lipinski definition) is 1. The van der Waals surface area contributed by atoms with E-state index in [0.717, 1.165) is 30.5 Å². The van der Waals surface area contributed by atoms with E-state index in [-0.39, 0.29) is 37.8 Å². The number of halogens is 11. The zero-order chi connectivity index (χ0) is 54.4. The van der Waals surface area contributed by atoms with Gasteiger partial charge in [-0.1, -0.05) is 23.6 Å². The maximum Gasteiger partial charge on any atom is 0.435 e. The fourth-order valence-corrected chi connectivity index (χ4v) is 10.5. The molecule has 1 saturated carbocycles. The molecule has 5 aromatic rings. The van der Waals surface area contributed by atoms with E-state index in [0.29, 0.717) is 43.2 Å². The molecule has 1 unspecified atom stereocenters. The lowest BCUT2D eigenvalue weighted by atomic mass is 9.93. The van der Waals surface area contributed by atoms with E-state index < -0.39 is 155 Å². The quantitative estimate of drug-likeness (QED) is 0.0968. The Morgan fingerprint density at radius 1 is 0.905 bits per heavy atom. The van der Waals surface area contributed by atoms with Gasteiger partial charge in [0.15, 0.2) is 21.3 Å². The van der Waals surface area contributed by atoms with Crippen LogP contribution in [0.4, 0.5) is 49.7 Å². The van der Waals surface area contributed by atoms with Gasteiger partial charge in [0.2, 0.25) is 15.9 Å². The topological polar surface area (TPSA) is 173 Å². The normalized spacial score (nSPS) is 18.6. The summed E-state index contributed by atoms with van der Waals surface area (Å²) in [6.07, 6.45) is -9.74. The molecule has 28 heteroatoms. The number of aromatic nitrogens is 5. The van der Waals surface area contributed by atoms with Crippen molar-refractivity contribution >= 4 is 60.0 Å². The number of amides is 2. The molecule has 2 aliphatic carbocycles. The highest BCUT2D eigenvalue weighted by Crippen LogP contribution is 2.68. The number of fused-ring (bicyclic) bond motifs is 4. The molecule has 2 fully saturated rings. The van der Waals surface area contributed by atoms with Crippen LogP contribution in [0.25, 0.3) is 22.0 Å². The summed E-state index contributed by atoms with van der Waals surface area (Å²) in [4.78, 5) is 36.4. The first-order valence-electron chi connectivity index (χ1n) is 22.4. The van der Waals surface area contributed by atoms with Crippen LogP contribution in [0.1, 0.15) is 66.1 Å². The highest BCUT2D eigenvalue weighted by molar-refractivity contribution is 7.93. The largest absolute Gasteiger partial charge is 0.435 e. The lowest BCUT2D eigenvalue weighted by molar-refractivity contribution is -0.143. The maximum absolute atomic E-state index is 15.6. The zero-order valence-electron chi connectivity index (χ0n) is 39.6. The number of piperazine rings is 1. The molecule has 8 rings (SSSR count). The molecule has 74 heavy (non-hydrogen) atoms. The standard InChI is InChI=1S/C46H44ClF10N9O6S2/c1-43(2,73(4,69)70)11-10-27-6-7-28(29-8-9-32(47)37-39(29)65(23-44(50,51)52)61-42(37)66(74(5,71)72)35(68)22-63-14-12-62(3)13-15-63)38(58-27)33(18-24-16-25(48)19-26(49)17-24)59-34(67)21-64-41-36(40(60-64)46(55,56)57)30-20-31(30)45(41,53)54/h6-9,16-17,19,30-31,33H,12-15,18,20-23H2,1-5H3,(H,59,67)/t30-,31+,33?/m0/s1. The summed E-state index contributed by atoms with van der Waals surface area (Å²) in [7, 11) is -6.79. The Balaban J connectivity index is 1.34. The van der Waals surface area contributed by atoms with Crippen LogP contribution in [0, 0.1) is 29.4 Å². The molecule has 0 radical (unpaired) electrons. The second-order valence-electron chi connectivity index (χ2n) is 19.0. The number of sulfonamides is 1. The van der Waals surface area contributed by atoms with Gasteiger partial charge in [0.05, 0.1) is 40.5 Å². The van der Waals surface area contributed by atoms with Crippen LogP contribution in [-0.4, -0.2) is 126 Å². The molecule has 2 amide bonds. The molecular formula is C46H44ClF10N9O6S2. The Labute approximate surface area is 421 Å². The average molecular weight is 1110 g/mol. The lowest BCUT2D eigenvalue weighted by Crippen LogP contribution is -2.50. The van der Waals surface area contributed by atoms with Crippen molar-refractivity contribution in [2.75, 3.05) is 56.6 Å². The fourth-order valence-electron chi connectivity index (χ4n) is 9.12. The molecule has 3 aromatic heterocycles. The van der Waals surface area contributed by atoms with Crippen LogP contribution in [-0.2, 0) is 61.1 Å². The Hall–Kier alpha value is -5.82. The van der Waals surface area contributed by atoms with Crippen LogP contribution in [0.5, 0.6) is 0 Å². The molecule has 4 heterocycles. The third-order valence-corrected chi connectivity index (χ3v) is 16.3. The molecule has 3 aliphatic rings.